The highest BCUT2D eigenvalue weighted by Gasteiger charge is 2.64. The minimum atomic E-state index is -0.594. The molecule has 220 valence electrons. The summed E-state index contributed by atoms with van der Waals surface area (Å²) in [7, 11) is 0. The summed E-state index contributed by atoms with van der Waals surface area (Å²) in [5.41, 5.74) is 3.78. The third-order valence-corrected chi connectivity index (χ3v) is 8.98. The lowest BCUT2D eigenvalue weighted by Crippen LogP contribution is -2.44. The fourth-order valence-electron chi connectivity index (χ4n) is 6.33. The van der Waals surface area contributed by atoms with Crippen LogP contribution in [-0.4, -0.2) is 54.2 Å². The first-order valence-electron chi connectivity index (χ1n) is 14.6. The Kier molecular flexibility index (Phi) is 7.28. The molecule has 4 aromatic rings. The quantitative estimate of drug-likeness (QED) is 0.221. The Morgan fingerprint density at radius 3 is 2.40 bits per heavy atom. The van der Waals surface area contributed by atoms with Crippen molar-refractivity contribution in [1.82, 2.24) is 24.6 Å². The van der Waals surface area contributed by atoms with Gasteiger partial charge in [-0.15, -0.1) is 0 Å². The largest absolute Gasteiger partial charge is 0.327 e. The highest BCUT2D eigenvalue weighted by atomic mass is 19.1. The lowest BCUT2D eigenvalue weighted by atomic mass is 9.96. The van der Waals surface area contributed by atoms with Crippen LogP contribution < -0.4 is 0 Å². The molecule has 3 heterocycles. The van der Waals surface area contributed by atoms with E-state index in [0.29, 0.717) is 28.7 Å². The number of nitrogens with zero attached hydrogens (tertiary/aromatic N) is 5. The van der Waals surface area contributed by atoms with E-state index in [1.807, 2.05) is 55.5 Å². The van der Waals surface area contributed by atoms with Gasteiger partial charge in [0.15, 0.2) is 11.6 Å². The van der Waals surface area contributed by atoms with Crippen LogP contribution in [0.4, 0.5) is 4.39 Å². The molecule has 0 spiro atoms. The van der Waals surface area contributed by atoms with Crippen molar-refractivity contribution < 1.29 is 18.8 Å². The van der Waals surface area contributed by atoms with E-state index in [1.165, 1.54) is 6.92 Å². The lowest BCUT2D eigenvalue weighted by Gasteiger charge is -2.27. The highest BCUT2D eigenvalue weighted by molar-refractivity contribution is 6.06. The molecular weight excluding hydrogens is 545 g/mol. The van der Waals surface area contributed by atoms with Crippen LogP contribution in [0.5, 0.6) is 0 Å². The number of fused-ring (bicyclic) bond motifs is 2. The number of piperidine rings is 1. The molecule has 2 aliphatic rings. The van der Waals surface area contributed by atoms with Crippen molar-refractivity contribution in [2.45, 2.75) is 72.0 Å². The summed E-state index contributed by atoms with van der Waals surface area (Å²) in [5.74, 6) is -0.217. The van der Waals surface area contributed by atoms with E-state index in [1.54, 1.807) is 28.9 Å². The molecule has 1 aliphatic carbocycles. The number of allylic oxidation sites excluding steroid dienone is 2. The second kappa shape index (κ2) is 10.9. The van der Waals surface area contributed by atoms with Gasteiger partial charge in [0.05, 0.1) is 11.6 Å². The summed E-state index contributed by atoms with van der Waals surface area (Å²) < 4.78 is 16.6. The molecule has 43 heavy (non-hydrogen) atoms. The average molecular weight is 580 g/mol. The Hall–Kier alpha value is -4.53. The molecule has 2 aromatic carbocycles. The maximum absolute atomic E-state index is 15.0. The van der Waals surface area contributed by atoms with E-state index in [-0.39, 0.29) is 59.8 Å². The molecule has 1 saturated heterocycles. The molecule has 1 aliphatic heterocycles. The number of aromatic nitrogens is 4. The van der Waals surface area contributed by atoms with Gasteiger partial charge in [0.1, 0.15) is 23.9 Å². The number of likely N-dealkylation sites (tertiary alicyclic amines) is 1. The number of halogens is 1. The summed E-state index contributed by atoms with van der Waals surface area (Å²) in [6, 6.07) is 14.3. The van der Waals surface area contributed by atoms with Gasteiger partial charge >= 0.3 is 0 Å². The maximum Gasteiger partial charge on any atom is 0.245 e. The van der Waals surface area contributed by atoms with Crippen LogP contribution in [0.25, 0.3) is 27.6 Å². The van der Waals surface area contributed by atoms with Crippen LogP contribution in [0, 0.1) is 12.3 Å². The van der Waals surface area contributed by atoms with Gasteiger partial charge in [-0.05, 0) is 60.9 Å². The Bertz CT molecular complexity index is 1780. The number of carbonyl (C=O) groups is 3. The fourth-order valence-corrected chi connectivity index (χ4v) is 6.33. The minimum Gasteiger partial charge on any atom is -0.327 e. The van der Waals surface area contributed by atoms with Crippen molar-refractivity contribution in [1.29, 1.82) is 0 Å². The van der Waals surface area contributed by atoms with Crippen LogP contribution in [0.15, 0.2) is 66.8 Å². The summed E-state index contributed by atoms with van der Waals surface area (Å²) >= 11 is 0. The van der Waals surface area contributed by atoms with Crippen LogP contribution in [-0.2, 0) is 16.1 Å². The highest BCUT2D eigenvalue weighted by Crippen LogP contribution is 2.59. The van der Waals surface area contributed by atoms with Crippen molar-refractivity contribution in [3.63, 3.8) is 0 Å². The molecule has 2 aromatic heterocycles. The first-order chi connectivity index (χ1) is 20.6. The average Bonchev–Trinajstić information content (AvgIpc) is 3.37. The third-order valence-electron chi connectivity index (χ3n) is 8.98. The number of aryl methyl sites for hydroxylation is 1. The number of carbonyl (C=O) groups excluding carboxylic acids is 3. The van der Waals surface area contributed by atoms with Crippen LogP contribution in [0.3, 0.4) is 0 Å². The zero-order valence-electron chi connectivity index (χ0n) is 24.8. The SMILES string of the molecule is CC(=O)c1nn(CC(=O)N2[C@H](C(=O)CC/C(F)=C(/C)c3ccccc3)C[C@@]3(C)C[C@@H]23)c2ccc(-c3cnc(C)nc3)cc12. The zero-order chi connectivity index (χ0) is 30.5. The van der Waals surface area contributed by atoms with Gasteiger partial charge < -0.3 is 4.90 Å². The summed E-state index contributed by atoms with van der Waals surface area (Å²) in [6.07, 6.45) is 4.90. The number of benzene rings is 2. The number of hydrogen-bond donors (Lipinski definition) is 0. The van der Waals surface area contributed by atoms with Crippen molar-refractivity contribution in [3.05, 3.63) is 83.8 Å². The Morgan fingerprint density at radius 2 is 1.70 bits per heavy atom. The van der Waals surface area contributed by atoms with Gasteiger partial charge in [0.25, 0.3) is 0 Å². The predicted molar refractivity (Wildman–Crippen MR) is 162 cm³/mol. The molecule has 8 nitrogen and oxygen atoms in total. The van der Waals surface area contributed by atoms with Crippen LogP contribution in [0.1, 0.15) is 68.3 Å². The van der Waals surface area contributed by atoms with E-state index in [0.717, 1.165) is 23.1 Å². The lowest BCUT2D eigenvalue weighted by molar-refractivity contribution is -0.139. The summed E-state index contributed by atoms with van der Waals surface area (Å²) in [5, 5.41) is 5.17. The third kappa shape index (κ3) is 5.40. The Morgan fingerprint density at radius 1 is 0.977 bits per heavy atom. The molecule has 1 saturated carbocycles. The molecule has 3 atom stereocenters. The molecule has 0 radical (unpaired) electrons. The number of ketones is 2. The van der Waals surface area contributed by atoms with Crippen LogP contribution in [0.2, 0.25) is 0 Å². The molecule has 1 amide bonds. The van der Waals surface area contributed by atoms with E-state index < -0.39 is 6.04 Å². The Labute approximate surface area is 249 Å². The standard InChI is InChI=1S/C34H34FN5O3/c1-20(23-8-6-5-7-9-23)27(35)11-13-30(42)29-15-34(4)16-31(34)40(29)32(43)19-39-28-12-10-24(25-17-36-22(3)37-18-25)14-26(28)33(38-39)21(2)41/h5-10,12,14,17-18,29,31H,11,13,15-16,19H2,1-4H3/b27-20+/t29-,31+,34-/m0/s1. The number of hydrogen-bond acceptors (Lipinski definition) is 6. The van der Waals surface area contributed by atoms with Crippen molar-refractivity contribution >= 4 is 33.9 Å². The van der Waals surface area contributed by atoms with Gasteiger partial charge in [-0.25, -0.2) is 14.4 Å². The normalized spacial score (nSPS) is 21.5. The number of amides is 1. The molecule has 0 N–H and O–H groups in total. The number of Topliss-reactive ketones (excluding diaryl/α,β-unsaturated/α-hetero) is 2. The minimum absolute atomic E-state index is 0.000403. The molecule has 9 heteroatoms. The summed E-state index contributed by atoms with van der Waals surface area (Å²) in [4.78, 5) is 50.0. The molecule has 2 fully saturated rings. The first-order valence-corrected chi connectivity index (χ1v) is 14.6. The smallest absolute Gasteiger partial charge is 0.245 e. The van der Waals surface area contributed by atoms with Gasteiger partial charge in [-0.2, -0.15) is 5.10 Å². The maximum atomic E-state index is 15.0. The van der Waals surface area contributed by atoms with E-state index in [4.69, 9.17) is 0 Å². The molecular formula is C34H34FN5O3. The van der Waals surface area contributed by atoms with Crippen molar-refractivity contribution in [2.75, 3.05) is 0 Å². The second-order valence-electron chi connectivity index (χ2n) is 12.1. The topological polar surface area (TPSA) is 98.1 Å². The fraction of sp³-hybridized carbons (Fsp3) is 0.353. The molecule has 0 bridgehead atoms. The van der Waals surface area contributed by atoms with E-state index in [9.17, 15) is 14.4 Å². The molecule has 6 rings (SSSR count). The van der Waals surface area contributed by atoms with Gasteiger partial charge in [0, 0.05) is 49.2 Å². The number of rotatable bonds is 9. The Balaban J connectivity index is 1.22. The van der Waals surface area contributed by atoms with Crippen LogP contribution >= 0.6 is 0 Å². The van der Waals surface area contributed by atoms with Crippen molar-refractivity contribution in [2.24, 2.45) is 5.41 Å². The van der Waals surface area contributed by atoms with Gasteiger partial charge in [0.2, 0.25) is 5.91 Å². The predicted octanol–water partition coefficient (Wildman–Crippen LogP) is 6.13. The second-order valence-corrected chi connectivity index (χ2v) is 12.1. The summed E-state index contributed by atoms with van der Waals surface area (Å²) in [6.45, 7) is 6.98. The first kappa shape index (κ1) is 28.6. The van der Waals surface area contributed by atoms with Gasteiger partial charge in [-0.3, -0.25) is 19.1 Å². The van der Waals surface area contributed by atoms with Gasteiger partial charge in [-0.1, -0.05) is 43.3 Å². The van der Waals surface area contributed by atoms with Crippen molar-refractivity contribution in [3.8, 4) is 11.1 Å². The van der Waals surface area contributed by atoms with E-state index >= 15 is 4.39 Å². The zero-order valence-corrected chi connectivity index (χ0v) is 24.8. The molecule has 0 unspecified atom stereocenters. The monoisotopic (exact) mass is 579 g/mol. The van der Waals surface area contributed by atoms with E-state index in [2.05, 4.69) is 22.0 Å².